The number of benzene rings is 1. The van der Waals surface area contributed by atoms with E-state index in [0.29, 0.717) is 0 Å². The van der Waals surface area contributed by atoms with Gasteiger partial charge in [-0.25, -0.2) is 0 Å². The Hall–Kier alpha value is -1.08. The zero-order valence-corrected chi connectivity index (χ0v) is 8.16. The van der Waals surface area contributed by atoms with E-state index in [9.17, 15) is 0 Å². The topological polar surface area (TPSA) is 26.0 Å². The summed E-state index contributed by atoms with van der Waals surface area (Å²) in [4.78, 5) is 0. The fourth-order valence-corrected chi connectivity index (χ4v) is 1.22. The van der Waals surface area contributed by atoms with E-state index in [0.717, 1.165) is 19.4 Å². The number of hydrogen-bond donors (Lipinski definition) is 1. The minimum atomic E-state index is 0.726. The van der Waals surface area contributed by atoms with Gasteiger partial charge in [0.2, 0.25) is 0 Å². The van der Waals surface area contributed by atoms with Gasteiger partial charge >= 0.3 is 0 Å². The Bertz CT molecular complexity index is 259. The summed E-state index contributed by atoms with van der Waals surface area (Å²) in [5.74, 6) is 0. The van der Waals surface area contributed by atoms with Crippen LogP contribution in [0, 0.1) is 0 Å². The van der Waals surface area contributed by atoms with Gasteiger partial charge in [0.05, 0.1) is 0 Å². The first-order valence-electron chi connectivity index (χ1n) is 4.82. The normalized spacial score (nSPS) is 10.9. The molecular formula is C12H17N. The molecule has 0 amide bonds. The van der Waals surface area contributed by atoms with Crippen LogP contribution in [-0.2, 0) is 6.42 Å². The van der Waals surface area contributed by atoms with Gasteiger partial charge in [-0.1, -0.05) is 43.3 Å². The van der Waals surface area contributed by atoms with Crippen molar-refractivity contribution in [1.82, 2.24) is 0 Å². The van der Waals surface area contributed by atoms with Crippen molar-refractivity contribution in [2.75, 3.05) is 6.54 Å². The molecule has 0 bridgehead atoms. The van der Waals surface area contributed by atoms with Gasteiger partial charge in [-0.3, -0.25) is 0 Å². The molecule has 1 rings (SSSR count). The van der Waals surface area contributed by atoms with Crippen LogP contribution in [0.2, 0.25) is 0 Å². The molecule has 0 heterocycles. The highest BCUT2D eigenvalue weighted by Crippen LogP contribution is 2.06. The lowest BCUT2D eigenvalue weighted by molar-refractivity contribution is 0.969. The minimum Gasteiger partial charge on any atom is -0.330 e. The van der Waals surface area contributed by atoms with Crippen LogP contribution in [0.1, 0.15) is 24.5 Å². The lowest BCUT2D eigenvalue weighted by Gasteiger charge is -1.98. The van der Waals surface area contributed by atoms with E-state index < -0.39 is 0 Å². The van der Waals surface area contributed by atoms with Crippen LogP contribution in [-0.4, -0.2) is 6.54 Å². The average Bonchev–Trinajstić information content (AvgIpc) is 2.17. The summed E-state index contributed by atoms with van der Waals surface area (Å²) in [6.45, 7) is 2.86. The highest BCUT2D eigenvalue weighted by atomic mass is 14.5. The highest BCUT2D eigenvalue weighted by Gasteiger charge is 1.90. The molecule has 1 aromatic carbocycles. The molecule has 0 aliphatic carbocycles. The van der Waals surface area contributed by atoms with Crippen molar-refractivity contribution < 1.29 is 0 Å². The molecule has 0 aliphatic rings. The third-order valence-electron chi connectivity index (χ3n) is 1.96. The Morgan fingerprint density at radius 1 is 1.23 bits per heavy atom. The molecule has 0 spiro atoms. The van der Waals surface area contributed by atoms with Crippen molar-refractivity contribution >= 4 is 6.08 Å². The Morgan fingerprint density at radius 3 is 2.46 bits per heavy atom. The van der Waals surface area contributed by atoms with Crippen LogP contribution in [0.25, 0.3) is 6.08 Å². The molecule has 0 fully saturated rings. The molecule has 0 radical (unpaired) electrons. The minimum absolute atomic E-state index is 0.726. The maximum atomic E-state index is 5.46. The van der Waals surface area contributed by atoms with Crippen molar-refractivity contribution in [1.29, 1.82) is 0 Å². The first kappa shape index (κ1) is 10.0. The lowest BCUT2D eigenvalue weighted by atomic mass is 10.1. The quantitative estimate of drug-likeness (QED) is 0.748. The highest BCUT2D eigenvalue weighted by molar-refractivity contribution is 5.49. The van der Waals surface area contributed by atoms with Crippen LogP contribution in [0.4, 0.5) is 0 Å². The van der Waals surface area contributed by atoms with E-state index in [1.165, 1.54) is 11.1 Å². The van der Waals surface area contributed by atoms with Crippen molar-refractivity contribution in [2.45, 2.75) is 19.8 Å². The summed E-state index contributed by atoms with van der Waals surface area (Å²) in [7, 11) is 0. The SMILES string of the molecule is CCC=Cc1ccc(CCN)cc1. The molecule has 0 atom stereocenters. The van der Waals surface area contributed by atoms with Gasteiger partial charge in [-0.2, -0.15) is 0 Å². The Morgan fingerprint density at radius 2 is 1.92 bits per heavy atom. The summed E-state index contributed by atoms with van der Waals surface area (Å²) in [6.07, 6.45) is 6.37. The number of nitrogens with two attached hydrogens (primary N) is 1. The summed E-state index contributed by atoms with van der Waals surface area (Å²) >= 11 is 0. The average molecular weight is 175 g/mol. The molecular weight excluding hydrogens is 158 g/mol. The van der Waals surface area contributed by atoms with Gasteiger partial charge in [0, 0.05) is 0 Å². The Kier molecular flexibility index (Phi) is 4.27. The fraction of sp³-hybridized carbons (Fsp3) is 0.333. The largest absolute Gasteiger partial charge is 0.330 e. The van der Waals surface area contributed by atoms with E-state index in [-0.39, 0.29) is 0 Å². The van der Waals surface area contributed by atoms with Gasteiger partial charge in [0.1, 0.15) is 0 Å². The van der Waals surface area contributed by atoms with Gasteiger partial charge < -0.3 is 5.73 Å². The molecule has 70 valence electrons. The molecule has 1 heteroatoms. The summed E-state index contributed by atoms with van der Waals surface area (Å²) in [5.41, 5.74) is 8.05. The monoisotopic (exact) mass is 175 g/mol. The second kappa shape index (κ2) is 5.55. The summed E-state index contributed by atoms with van der Waals surface area (Å²) < 4.78 is 0. The van der Waals surface area contributed by atoms with Crippen molar-refractivity contribution in [3.63, 3.8) is 0 Å². The molecule has 1 nitrogen and oxygen atoms in total. The third-order valence-corrected chi connectivity index (χ3v) is 1.96. The number of rotatable bonds is 4. The maximum absolute atomic E-state index is 5.46. The van der Waals surface area contributed by atoms with Crippen LogP contribution in [0.3, 0.4) is 0 Å². The van der Waals surface area contributed by atoms with Crippen molar-refractivity contribution in [3.8, 4) is 0 Å². The molecule has 1 aromatic rings. The van der Waals surface area contributed by atoms with E-state index >= 15 is 0 Å². The van der Waals surface area contributed by atoms with Gasteiger partial charge in [0.25, 0.3) is 0 Å². The molecule has 2 N–H and O–H groups in total. The standard InChI is InChI=1S/C12H17N/c1-2-3-4-11-5-7-12(8-6-11)9-10-13/h3-8H,2,9-10,13H2,1H3. The second-order valence-corrected chi connectivity index (χ2v) is 3.09. The number of allylic oxidation sites excluding steroid dienone is 1. The predicted octanol–water partition coefficient (Wildman–Crippen LogP) is 2.61. The van der Waals surface area contributed by atoms with Crippen LogP contribution in [0.15, 0.2) is 30.3 Å². The van der Waals surface area contributed by atoms with Crippen molar-refractivity contribution in [2.24, 2.45) is 5.73 Å². The maximum Gasteiger partial charge on any atom is -0.00367 e. The zero-order valence-electron chi connectivity index (χ0n) is 8.16. The second-order valence-electron chi connectivity index (χ2n) is 3.09. The van der Waals surface area contributed by atoms with E-state index in [1.807, 2.05) is 0 Å². The van der Waals surface area contributed by atoms with Gasteiger partial charge in [0.15, 0.2) is 0 Å². The number of hydrogen-bond acceptors (Lipinski definition) is 1. The van der Waals surface area contributed by atoms with Gasteiger partial charge in [-0.15, -0.1) is 0 Å². The van der Waals surface area contributed by atoms with Crippen molar-refractivity contribution in [3.05, 3.63) is 41.5 Å². The van der Waals surface area contributed by atoms with E-state index in [1.54, 1.807) is 0 Å². The fourth-order valence-electron chi connectivity index (χ4n) is 1.22. The molecule has 0 saturated heterocycles. The zero-order chi connectivity index (χ0) is 9.52. The smallest absolute Gasteiger partial charge is 0.00367 e. The Labute approximate surface area is 80.3 Å². The molecule has 0 aliphatic heterocycles. The van der Waals surface area contributed by atoms with E-state index in [2.05, 4.69) is 43.3 Å². The first-order valence-corrected chi connectivity index (χ1v) is 4.82. The molecule has 0 unspecified atom stereocenters. The third kappa shape index (κ3) is 3.43. The lowest BCUT2D eigenvalue weighted by Crippen LogP contribution is -2.02. The van der Waals surface area contributed by atoms with Crippen LogP contribution < -0.4 is 5.73 Å². The Balaban J connectivity index is 2.64. The molecule has 13 heavy (non-hydrogen) atoms. The van der Waals surface area contributed by atoms with Crippen LogP contribution >= 0.6 is 0 Å². The van der Waals surface area contributed by atoms with Crippen LogP contribution in [0.5, 0.6) is 0 Å². The molecule has 0 saturated carbocycles. The van der Waals surface area contributed by atoms with Gasteiger partial charge in [-0.05, 0) is 30.5 Å². The summed E-state index contributed by atoms with van der Waals surface area (Å²) in [6, 6.07) is 8.55. The molecule has 0 aromatic heterocycles. The first-order chi connectivity index (χ1) is 6.36. The van der Waals surface area contributed by atoms with E-state index in [4.69, 9.17) is 5.73 Å². The predicted molar refractivity (Wildman–Crippen MR) is 58.5 cm³/mol. The summed E-state index contributed by atoms with van der Waals surface area (Å²) in [5, 5.41) is 0.